The molecule has 0 spiro atoms. The smallest absolute Gasteiger partial charge is 0.412 e. The van der Waals surface area contributed by atoms with Crippen LogP contribution in [0.4, 0.5) is 0 Å². The molecule has 0 aliphatic heterocycles. The molecule has 0 fully saturated rings. The van der Waals surface area contributed by atoms with Crippen LogP contribution in [0.25, 0.3) is 0 Å². The Bertz CT molecular complexity index is 27.1. The van der Waals surface area contributed by atoms with E-state index in [2.05, 4.69) is 0 Å². The maximum absolute atomic E-state index is 8.52. The largest absolute Gasteiger partial charge is 2.00 e. The molecule has 0 rings (SSSR count). The second-order valence-electron chi connectivity index (χ2n) is 0.378. The van der Waals surface area contributed by atoms with Gasteiger partial charge in [-0.25, -0.2) is 0 Å². The van der Waals surface area contributed by atoms with Gasteiger partial charge in [-0.2, -0.15) is 0 Å². The van der Waals surface area contributed by atoms with Gasteiger partial charge in [0.05, 0.1) is 0 Å². The molecule has 0 aliphatic rings. The van der Waals surface area contributed by atoms with E-state index in [-0.39, 0.29) is 25.0 Å². The third-order valence-electron chi connectivity index (χ3n) is 0. The molecular weight excluding hydrogens is 337 g/mol. The van der Waals surface area contributed by atoms with E-state index in [1.54, 1.807) is 0 Å². The minimum absolute atomic E-state index is 0. The zero-order valence-corrected chi connectivity index (χ0v) is 10.6. The number of rotatable bonds is 0. The van der Waals surface area contributed by atoms with E-state index < -0.39 is 29.6 Å². The summed E-state index contributed by atoms with van der Waals surface area (Å²) in [5.41, 5.74) is 0. The minimum atomic E-state index is -3.65. The molecule has 60 valence electrons. The van der Waals surface area contributed by atoms with Gasteiger partial charge in [0.1, 0.15) is 0 Å². The van der Waals surface area contributed by atoms with Crippen LogP contribution in [0.15, 0.2) is 0 Å². The van der Waals surface area contributed by atoms with Crippen LogP contribution in [0.5, 0.6) is 0 Å². The van der Waals surface area contributed by atoms with Crippen LogP contribution >= 0.6 is 0 Å². The summed E-state index contributed by atoms with van der Waals surface area (Å²) in [6.45, 7) is 0. The average Bonchev–Trinajstić information content (AvgIpc) is 1.25. The first-order valence-corrected chi connectivity index (χ1v) is 4.81. The predicted molar refractivity (Wildman–Crippen MR) is 3.61 cm³/mol. The van der Waals surface area contributed by atoms with Crippen LogP contribution in [0.3, 0.4) is 0 Å². The summed E-state index contributed by atoms with van der Waals surface area (Å²) in [6, 6.07) is 0. The van der Waals surface area contributed by atoms with E-state index >= 15 is 0 Å². The summed E-state index contributed by atoms with van der Waals surface area (Å²) in [4.78, 5) is 0. The van der Waals surface area contributed by atoms with E-state index in [9.17, 15) is 0 Å². The van der Waals surface area contributed by atoms with Crippen LogP contribution in [0.2, 0.25) is 0 Å². The molecule has 0 aliphatic carbocycles. The first kappa shape index (κ1) is 22.5. The minimum Gasteiger partial charge on any atom is -0.412 e. The first-order valence-electron chi connectivity index (χ1n) is 0.926. The van der Waals surface area contributed by atoms with Crippen molar-refractivity contribution in [1.82, 2.24) is 0 Å². The third-order valence-corrected chi connectivity index (χ3v) is 0. The molecule has 0 aromatic rings. The quantitative estimate of drug-likeness (QED) is 0.397. The summed E-state index contributed by atoms with van der Waals surface area (Å²) >= 11 is -7.29. The summed E-state index contributed by atoms with van der Waals surface area (Å²) in [6.07, 6.45) is 0. The van der Waals surface area contributed by atoms with Crippen molar-refractivity contribution in [2.45, 2.75) is 0 Å². The van der Waals surface area contributed by atoms with Crippen molar-refractivity contribution in [1.29, 1.82) is 0 Å². The van der Waals surface area contributed by atoms with E-state index in [4.69, 9.17) is 25.2 Å². The van der Waals surface area contributed by atoms with Gasteiger partial charge in [0.25, 0.3) is 0 Å². The molecule has 7 nitrogen and oxygen atoms in total. The van der Waals surface area contributed by atoms with Gasteiger partial charge in [-0.3, -0.25) is 0 Å². The molecule has 0 saturated carbocycles. The zero-order chi connectivity index (χ0) is 7.15. The van der Waals surface area contributed by atoms with Gasteiger partial charge in [-0.1, -0.05) is 0 Å². The molecule has 10 heavy (non-hydrogen) atoms. The number of hydrogen-bond acceptors (Lipinski definition) is 6. The van der Waals surface area contributed by atoms with Crippen molar-refractivity contribution in [2.75, 3.05) is 0 Å². The van der Waals surface area contributed by atoms with Gasteiger partial charge >= 0.3 is 19.5 Å². The topological polar surface area (TPSA) is 170 Å². The van der Waals surface area contributed by atoms with Crippen molar-refractivity contribution >= 4 is 0 Å². The Kier molecular flexibility index (Phi) is 37.6. The Morgan fingerprint density at radius 3 is 0.600 bits per heavy atom. The summed E-state index contributed by atoms with van der Waals surface area (Å²) in [7, 11) is 0. The first-order chi connectivity index (χ1) is 3.46. The van der Waals surface area contributed by atoms with Crippen molar-refractivity contribution in [3.05, 3.63) is 0 Å². The molecule has 0 radical (unpaired) electrons. The Balaban J connectivity index is -0.0000000300. The van der Waals surface area contributed by atoms with Crippen LogP contribution in [0.1, 0.15) is 0 Å². The van der Waals surface area contributed by atoms with Crippen molar-refractivity contribution < 1.29 is 79.8 Å². The molecule has 0 unspecified atom stereocenters. The van der Waals surface area contributed by atoms with Gasteiger partial charge in [-0.15, -0.1) is 0 Å². The molecule has 0 atom stereocenters. The molecule has 0 amide bonds. The Labute approximate surface area is 79.6 Å². The molecule has 2 N–H and O–H groups in total. The van der Waals surface area contributed by atoms with Crippen LogP contribution in [-0.4, -0.2) is 5.48 Å². The van der Waals surface area contributed by atoms with Crippen molar-refractivity contribution in [3.63, 3.8) is 0 Å². The Morgan fingerprint density at radius 2 is 0.600 bits per heavy atom. The summed E-state index contributed by atoms with van der Waals surface area (Å²) in [5, 5.41) is 0. The average molecular weight is 339 g/mol. The van der Waals surface area contributed by atoms with Crippen molar-refractivity contribution in [2.24, 2.45) is 0 Å². The van der Waals surface area contributed by atoms with E-state index in [0.717, 1.165) is 0 Å². The molecule has 10 heteroatoms. The summed E-state index contributed by atoms with van der Waals surface area (Å²) in [5.74, 6) is 0. The van der Waals surface area contributed by atoms with Gasteiger partial charge < -0.3 is 30.7 Å². The zero-order valence-electron chi connectivity index (χ0n) is 4.41. The standard InChI is InChI=1S/2BrO3.H2O.Zn/c2*2-1(3)4;;/h;;1H2;/q2*-1;;+2. The van der Waals surface area contributed by atoms with Crippen LogP contribution in [-0.2, 0) is 19.5 Å². The molecule has 0 saturated heterocycles. The van der Waals surface area contributed by atoms with Gasteiger partial charge in [0.2, 0.25) is 29.6 Å². The monoisotopic (exact) mass is 336 g/mol. The van der Waals surface area contributed by atoms with Gasteiger partial charge in [0, 0.05) is 0 Å². The van der Waals surface area contributed by atoms with Crippen molar-refractivity contribution in [3.8, 4) is 0 Å². The summed E-state index contributed by atoms with van der Waals surface area (Å²) < 4.78 is 51.1. The fourth-order valence-electron chi connectivity index (χ4n) is 0. The van der Waals surface area contributed by atoms with E-state index in [1.807, 2.05) is 0 Å². The van der Waals surface area contributed by atoms with E-state index in [1.165, 1.54) is 0 Å². The fraction of sp³-hybridized carbons (Fsp3) is 0. The maximum Gasteiger partial charge on any atom is 2.00 e. The second-order valence-corrected chi connectivity index (χ2v) is 1.96. The molecular formula is H2Br2O7Zn. The van der Waals surface area contributed by atoms with E-state index in [0.29, 0.717) is 0 Å². The van der Waals surface area contributed by atoms with Crippen LogP contribution in [0, 0.1) is 29.6 Å². The van der Waals surface area contributed by atoms with Crippen LogP contribution < -0.4 is 25.2 Å². The van der Waals surface area contributed by atoms with Gasteiger partial charge in [0.15, 0.2) is 0 Å². The Hall–Kier alpha value is 1.30. The fourth-order valence-corrected chi connectivity index (χ4v) is 0. The SMILES string of the molecule is O.[O-][Br+2]([O-])[O-].[O-][Br+2]([O-])[O-].[Zn+2]. The Morgan fingerprint density at radius 1 is 0.600 bits per heavy atom. The second kappa shape index (κ2) is 16.7. The molecule has 0 heterocycles. The molecule has 0 aromatic heterocycles. The number of hydrogen-bond donors (Lipinski definition) is 0. The third kappa shape index (κ3) is 378. The molecule has 0 bridgehead atoms. The number of halogens is 2. The predicted octanol–water partition coefficient (Wildman–Crippen LogP) is -7.96. The maximum atomic E-state index is 8.52. The van der Waals surface area contributed by atoms with Gasteiger partial charge in [-0.05, 0) is 0 Å². The molecule has 0 aromatic carbocycles. The normalized spacial score (nSPS) is 7.20.